The second-order valence-electron chi connectivity index (χ2n) is 8.87. The zero-order valence-corrected chi connectivity index (χ0v) is 15.8. The van der Waals surface area contributed by atoms with E-state index in [1.165, 1.54) is 16.7 Å². The van der Waals surface area contributed by atoms with Gasteiger partial charge in [-0.1, -0.05) is 54.6 Å². The van der Waals surface area contributed by atoms with Crippen molar-refractivity contribution < 1.29 is 10.2 Å². The highest BCUT2D eigenvalue weighted by Crippen LogP contribution is 2.67. The highest BCUT2D eigenvalue weighted by molar-refractivity contribution is 5.64. The SMILES string of the molecule is Oc1cccc2c1C13c4c(O)cccc4C[C@H]1CC(c1ccccc1)CC3C2. The molecule has 3 aromatic rings. The molecule has 4 atom stereocenters. The minimum atomic E-state index is -0.243. The summed E-state index contributed by atoms with van der Waals surface area (Å²) in [4.78, 5) is 0. The van der Waals surface area contributed by atoms with Gasteiger partial charge >= 0.3 is 0 Å². The van der Waals surface area contributed by atoms with Crippen LogP contribution in [0.5, 0.6) is 11.5 Å². The minimum absolute atomic E-state index is 0.243. The predicted molar refractivity (Wildman–Crippen MR) is 110 cm³/mol. The second kappa shape index (κ2) is 5.64. The van der Waals surface area contributed by atoms with Crippen LogP contribution in [0.3, 0.4) is 0 Å². The van der Waals surface area contributed by atoms with E-state index in [0.29, 0.717) is 29.3 Å². The van der Waals surface area contributed by atoms with Crippen molar-refractivity contribution in [2.24, 2.45) is 11.8 Å². The Kier molecular flexibility index (Phi) is 3.27. The van der Waals surface area contributed by atoms with Crippen LogP contribution in [0.2, 0.25) is 0 Å². The van der Waals surface area contributed by atoms with Crippen molar-refractivity contribution in [2.45, 2.75) is 37.0 Å². The number of hydrogen-bond donors (Lipinski definition) is 2. The number of phenolic OH excluding ortho intramolecular Hbond substituents is 2. The molecule has 28 heavy (non-hydrogen) atoms. The Morgan fingerprint density at radius 3 is 1.71 bits per heavy atom. The van der Waals surface area contributed by atoms with Gasteiger partial charge in [0.25, 0.3) is 0 Å². The third-order valence-electron chi connectivity index (χ3n) is 7.71. The molecule has 140 valence electrons. The van der Waals surface area contributed by atoms with Crippen LogP contribution in [0.25, 0.3) is 0 Å². The molecule has 0 heterocycles. The first kappa shape index (κ1) is 16.2. The lowest BCUT2D eigenvalue weighted by Gasteiger charge is -2.47. The molecule has 0 radical (unpaired) electrons. The number of rotatable bonds is 1. The van der Waals surface area contributed by atoms with Crippen LogP contribution in [0, 0.1) is 11.8 Å². The molecule has 1 saturated carbocycles. The maximum atomic E-state index is 10.9. The highest BCUT2D eigenvalue weighted by Gasteiger charge is 2.61. The fourth-order valence-electron chi connectivity index (χ4n) is 6.92. The molecule has 2 nitrogen and oxygen atoms in total. The van der Waals surface area contributed by atoms with Gasteiger partial charge in [-0.15, -0.1) is 0 Å². The average molecular weight is 368 g/mol. The summed E-state index contributed by atoms with van der Waals surface area (Å²) in [6, 6.07) is 22.8. The number of phenols is 2. The molecule has 1 spiro atoms. The summed E-state index contributed by atoms with van der Waals surface area (Å²) in [6.45, 7) is 0. The molecule has 3 aliphatic carbocycles. The third-order valence-corrected chi connectivity index (χ3v) is 7.71. The molecule has 2 heteroatoms. The number of hydrogen-bond acceptors (Lipinski definition) is 2. The summed E-state index contributed by atoms with van der Waals surface area (Å²) < 4.78 is 0. The van der Waals surface area contributed by atoms with Gasteiger partial charge in [0.15, 0.2) is 0 Å². The fraction of sp³-hybridized carbons (Fsp3) is 0.308. The molecular formula is C26H24O2. The van der Waals surface area contributed by atoms with Crippen molar-refractivity contribution in [1.82, 2.24) is 0 Å². The van der Waals surface area contributed by atoms with E-state index in [2.05, 4.69) is 42.5 Å². The monoisotopic (exact) mass is 368 g/mol. The second-order valence-corrected chi connectivity index (χ2v) is 8.87. The van der Waals surface area contributed by atoms with Gasteiger partial charge in [0, 0.05) is 16.5 Å². The number of fused-ring (bicyclic) bond motifs is 2. The van der Waals surface area contributed by atoms with Crippen molar-refractivity contribution in [1.29, 1.82) is 0 Å². The molecule has 0 aromatic heterocycles. The van der Waals surface area contributed by atoms with Crippen molar-refractivity contribution >= 4 is 0 Å². The molecule has 6 rings (SSSR count). The van der Waals surface area contributed by atoms with Crippen molar-refractivity contribution in [3.05, 3.63) is 94.5 Å². The molecule has 3 aromatic carbocycles. The third kappa shape index (κ3) is 1.93. The minimum Gasteiger partial charge on any atom is -0.508 e. The van der Waals surface area contributed by atoms with Crippen LogP contribution in [-0.2, 0) is 18.3 Å². The quantitative estimate of drug-likeness (QED) is 0.611. The Bertz CT molecular complexity index is 1000. The number of benzene rings is 3. The Labute approximate surface area is 165 Å². The topological polar surface area (TPSA) is 40.5 Å². The number of aromatic hydroxyl groups is 2. The maximum absolute atomic E-state index is 10.9. The fourth-order valence-corrected chi connectivity index (χ4v) is 6.92. The van der Waals surface area contributed by atoms with Gasteiger partial charge in [0.05, 0.1) is 0 Å². The van der Waals surface area contributed by atoms with Crippen molar-refractivity contribution in [3.8, 4) is 11.5 Å². The first-order valence-electron chi connectivity index (χ1n) is 10.4. The lowest BCUT2D eigenvalue weighted by molar-refractivity contribution is 0.151. The van der Waals surface area contributed by atoms with Gasteiger partial charge in [-0.3, -0.25) is 0 Å². The van der Waals surface area contributed by atoms with Crippen LogP contribution < -0.4 is 0 Å². The van der Waals surface area contributed by atoms with Crippen molar-refractivity contribution in [2.75, 3.05) is 0 Å². The Morgan fingerprint density at radius 1 is 0.643 bits per heavy atom. The normalized spacial score (nSPS) is 29.6. The Morgan fingerprint density at radius 2 is 1.18 bits per heavy atom. The van der Waals surface area contributed by atoms with E-state index in [9.17, 15) is 10.2 Å². The summed E-state index contributed by atoms with van der Waals surface area (Å²) >= 11 is 0. The van der Waals surface area contributed by atoms with E-state index in [-0.39, 0.29) is 5.41 Å². The molecule has 1 fully saturated rings. The largest absolute Gasteiger partial charge is 0.508 e. The Hall–Kier alpha value is -2.74. The summed E-state index contributed by atoms with van der Waals surface area (Å²) in [5, 5.41) is 21.9. The zero-order chi connectivity index (χ0) is 18.9. The van der Waals surface area contributed by atoms with Gasteiger partial charge in [-0.2, -0.15) is 0 Å². The summed E-state index contributed by atoms with van der Waals surface area (Å²) in [5.74, 6) is 2.17. The van der Waals surface area contributed by atoms with Crippen LogP contribution in [0.1, 0.15) is 46.6 Å². The van der Waals surface area contributed by atoms with Gasteiger partial charge in [0.1, 0.15) is 11.5 Å². The van der Waals surface area contributed by atoms with Crippen molar-refractivity contribution in [3.63, 3.8) is 0 Å². The highest BCUT2D eigenvalue weighted by atomic mass is 16.3. The van der Waals surface area contributed by atoms with E-state index < -0.39 is 0 Å². The predicted octanol–water partition coefficient (Wildman–Crippen LogP) is 5.31. The van der Waals surface area contributed by atoms with Gasteiger partial charge in [-0.05, 0) is 72.3 Å². The van der Waals surface area contributed by atoms with Crippen LogP contribution in [0.4, 0.5) is 0 Å². The summed E-state index contributed by atoms with van der Waals surface area (Å²) in [6.07, 6.45) is 4.17. The first-order chi connectivity index (χ1) is 13.7. The first-order valence-corrected chi connectivity index (χ1v) is 10.4. The van der Waals surface area contributed by atoms with Gasteiger partial charge in [-0.25, -0.2) is 0 Å². The molecule has 0 aliphatic heterocycles. The lowest BCUT2D eigenvalue weighted by Crippen LogP contribution is -2.43. The molecule has 0 amide bonds. The molecule has 0 saturated heterocycles. The van der Waals surface area contributed by atoms with E-state index in [4.69, 9.17) is 0 Å². The van der Waals surface area contributed by atoms with Gasteiger partial charge < -0.3 is 10.2 Å². The average Bonchev–Trinajstić information content (AvgIpc) is 3.22. The summed E-state index contributed by atoms with van der Waals surface area (Å²) in [7, 11) is 0. The van der Waals surface area contributed by atoms with E-state index in [1.807, 2.05) is 24.3 Å². The molecule has 2 N–H and O–H groups in total. The molecule has 3 unspecified atom stereocenters. The smallest absolute Gasteiger partial charge is 0.119 e. The van der Waals surface area contributed by atoms with E-state index in [1.54, 1.807) is 0 Å². The molecule has 0 bridgehead atoms. The maximum Gasteiger partial charge on any atom is 0.119 e. The molecule has 3 aliphatic rings. The Balaban J connectivity index is 1.58. The van der Waals surface area contributed by atoms with Crippen LogP contribution >= 0.6 is 0 Å². The van der Waals surface area contributed by atoms with E-state index >= 15 is 0 Å². The summed E-state index contributed by atoms with van der Waals surface area (Å²) in [5.41, 5.74) is 5.90. The standard InChI is InChI=1S/C26H24O2/c27-22-10-4-8-17-12-20-14-19(16-6-2-1-3-7-16)15-21-13-18-9-5-11-23(28)25(18)26(20,21)24(17)22/h1-11,19-21,27-28H,12-15H2/t19?,20-,21?,26?/m0/s1. The lowest BCUT2D eigenvalue weighted by atomic mass is 9.56. The van der Waals surface area contributed by atoms with E-state index in [0.717, 1.165) is 36.8 Å². The van der Waals surface area contributed by atoms with Gasteiger partial charge in [0.2, 0.25) is 0 Å². The molecular weight excluding hydrogens is 344 g/mol. The van der Waals surface area contributed by atoms with Crippen LogP contribution in [-0.4, -0.2) is 10.2 Å². The van der Waals surface area contributed by atoms with Crippen LogP contribution in [0.15, 0.2) is 66.7 Å². The zero-order valence-electron chi connectivity index (χ0n) is 15.8.